The molecule has 0 saturated carbocycles. The van der Waals surface area contributed by atoms with Crippen LogP contribution >= 0.6 is 23.1 Å². The maximum atomic E-state index is 12.2. The van der Waals surface area contributed by atoms with Crippen molar-refractivity contribution in [1.82, 2.24) is 9.97 Å². The van der Waals surface area contributed by atoms with Crippen molar-refractivity contribution in [3.05, 3.63) is 47.0 Å². The van der Waals surface area contributed by atoms with E-state index >= 15 is 0 Å². The van der Waals surface area contributed by atoms with Gasteiger partial charge in [-0.3, -0.25) is 4.79 Å². The fourth-order valence-electron chi connectivity index (χ4n) is 2.32. The van der Waals surface area contributed by atoms with Crippen LogP contribution in [0.3, 0.4) is 0 Å². The lowest BCUT2D eigenvalue weighted by Crippen LogP contribution is -2.22. The van der Waals surface area contributed by atoms with Crippen LogP contribution in [0.4, 0.5) is 5.13 Å². The zero-order chi connectivity index (χ0) is 16.4. The number of nitrogens with zero attached hydrogens (tertiary/aromatic N) is 2. The van der Waals surface area contributed by atoms with Crippen LogP contribution in [0.25, 0.3) is 10.9 Å². The number of benzene rings is 1. The molecule has 0 bridgehead atoms. The van der Waals surface area contributed by atoms with Crippen molar-refractivity contribution in [1.29, 1.82) is 0 Å². The molecular formula is C17H17N3OS2. The second kappa shape index (κ2) is 6.68. The van der Waals surface area contributed by atoms with Gasteiger partial charge < -0.3 is 5.32 Å². The van der Waals surface area contributed by atoms with Gasteiger partial charge in [-0.2, -0.15) is 0 Å². The Kier molecular flexibility index (Phi) is 4.63. The largest absolute Gasteiger partial charge is 0.301 e. The number of hydrogen-bond acceptors (Lipinski definition) is 5. The van der Waals surface area contributed by atoms with Crippen molar-refractivity contribution >= 4 is 45.0 Å². The number of aromatic nitrogens is 2. The molecule has 2 heterocycles. The highest BCUT2D eigenvalue weighted by molar-refractivity contribution is 8.00. The van der Waals surface area contributed by atoms with E-state index in [1.807, 2.05) is 24.4 Å². The third kappa shape index (κ3) is 3.54. The minimum atomic E-state index is -0.243. The smallest absolute Gasteiger partial charge is 0.239 e. The predicted octanol–water partition coefficient (Wildman–Crippen LogP) is 4.43. The number of para-hydroxylation sites is 1. The lowest BCUT2D eigenvalue weighted by molar-refractivity contribution is -0.115. The maximum Gasteiger partial charge on any atom is 0.239 e. The van der Waals surface area contributed by atoms with Gasteiger partial charge in [-0.05, 0) is 38.0 Å². The molecule has 0 saturated heterocycles. The number of rotatable bonds is 4. The van der Waals surface area contributed by atoms with Crippen LogP contribution in [-0.4, -0.2) is 21.1 Å². The first-order valence-corrected chi connectivity index (χ1v) is 9.04. The van der Waals surface area contributed by atoms with E-state index in [9.17, 15) is 4.79 Å². The second-order valence-electron chi connectivity index (χ2n) is 5.34. The summed E-state index contributed by atoms with van der Waals surface area (Å²) in [7, 11) is 0. The van der Waals surface area contributed by atoms with Crippen molar-refractivity contribution in [2.75, 3.05) is 5.32 Å². The quantitative estimate of drug-likeness (QED) is 0.712. The Labute approximate surface area is 143 Å². The van der Waals surface area contributed by atoms with E-state index in [1.165, 1.54) is 28.7 Å². The van der Waals surface area contributed by atoms with Crippen LogP contribution in [0.5, 0.6) is 0 Å². The van der Waals surface area contributed by atoms with Gasteiger partial charge in [0, 0.05) is 17.0 Å². The molecule has 0 unspecified atom stereocenters. The molecule has 1 atom stereocenters. The number of thioether (sulfide) groups is 1. The zero-order valence-corrected chi connectivity index (χ0v) is 14.8. The first-order valence-electron chi connectivity index (χ1n) is 7.28. The summed E-state index contributed by atoms with van der Waals surface area (Å²) in [6.45, 7) is 6.02. The number of anilines is 1. The lowest BCUT2D eigenvalue weighted by Gasteiger charge is -2.12. The van der Waals surface area contributed by atoms with Crippen LogP contribution < -0.4 is 5.32 Å². The van der Waals surface area contributed by atoms with Crippen LogP contribution in [0.15, 0.2) is 40.9 Å². The van der Waals surface area contributed by atoms with Gasteiger partial charge in [-0.1, -0.05) is 30.0 Å². The van der Waals surface area contributed by atoms with Gasteiger partial charge >= 0.3 is 0 Å². The van der Waals surface area contributed by atoms with Gasteiger partial charge in [0.1, 0.15) is 0 Å². The number of fused-ring (bicyclic) bond motifs is 1. The fraction of sp³-hybridized carbons (Fsp3) is 0.235. The first kappa shape index (κ1) is 16.0. The topological polar surface area (TPSA) is 54.9 Å². The number of nitrogens with one attached hydrogen (secondary N) is 1. The van der Waals surface area contributed by atoms with Crippen LogP contribution in [0.2, 0.25) is 0 Å². The molecule has 3 rings (SSSR count). The van der Waals surface area contributed by atoms with Gasteiger partial charge in [0.15, 0.2) is 5.13 Å². The Bertz CT molecular complexity index is 846. The van der Waals surface area contributed by atoms with Gasteiger partial charge in [0.2, 0.25) is 5.91 Å². The average molecular weight is 343 g/mol. The standard InChI is InChI=1S/C17H17N3OS2/c1-10-5-4-6-13-11(2)9-14(19-15(10)13)23-12(3)16(21)20-17-18-7-8-22-17/h4-9,12H,1-3H3,(H,18,20,21)/t12-/m1/s1. The Morgan fingerprint density at radius 1 is 1.30 bits per heavy atom. The molecule has 1 N–H and O–H groups in total. The number of pyridine rings is 1. The van der Waals surface area contributed by atoms with Crippen molar-refractivity contribution < 1.29 is 4.79 Å². The summed E-state index contributed by atoms with van der Waals surface area (Å²) in [6, 6.07) is 8.22. The SMILES string of the molecule is Cc1cc(S[C@H](C)C(=O)Nc2nccs2)nc2c(C)cccc12. The summed E-state index contributed by atoms with van der Waals surface area (Å²) < 4.78 is 0. The van der Waals surface area contributed by atoms with E-state index in [2.05, 4.69) is 36.3 Å². The van der Waals surface area contributed by atoms with E-state index in [0.29, 0.717) is 5.13 Å². The molecule has 118 valence electrons. The van der Waals surface area contributed by atoms with Crippen LogP contribution in [0, 0.1) is 13.8 Å². The van der Waals surface area contributed by atoms with E-state index in [-0.39, 0.29) is 11.2 Å². The van der Waals surface area contributed by atoms with Gasteiger partial charge in [-0.15, -0.1) is 11.3 Å². The Morgan fingerprint density at radius 3 is 2.87 bits per heavy atom. The highest BCUT2D eigenvalue weighted by atomic mass is 32.2. The number of aryl methyl sites for hydroxylation is 2. The minimum Gasteiger partial charge on any atom is -0.301 e. The summed E-state index contributed by atoms with van der Waals surface area (Å²) in [6.07, 6.45) is 1.68. The molecule has 2 aromatic heterocycles. The highest BCUT2D eigenvalue weighted by Crippen LogP contribution is 2.28. The van der Waals surface area contributed by atoms with E-state index in [1.54, 1.807) is 6.20 Å². The molecule has 0 aliphatic carbocycles. The second-order valence-corrected chi connectivity index (χ2v) is 7.59. The molecule has 0 spiro atoms. The third-order valence-electron chi connectivity index (χ3n) is 3.55. The highest BCUT2D eigenvalue weighted by Gasteiger charge is 2.17. The van der Waals surface area contributed by atoms with Crippen LogP contribution in [0.1, 0.15) is 18.1 Å². The average Bonchev–Trinajstić information content (AvgIpc) is 3.01. The molecule has 0 aliphatic heterocycles. The maximum absolute atomic E-state index is 12.2. The van der Waals surface area contributed by atoms with Crippen molar-refractivity contribution in [2.45, 2.75) is 31.0 Å². The number of carbonyl (C=O) groups is 1. The van der Waals surface area contributed by atoms with Gasteiger partial charge in [-0.25, -0.2) is 9.97 Å². The monoisotopic (exact) mass is 343 g/mol. The number of amides is 1. The number of thiazole rings is 1. The van der Waals surface area contributed by atoms with Crippen molar-refractivity contribution in [2.24, 2.45) is 0 Å². The Morgan fingerprint density at radius 2 is 2.13 bits per heavy atom. The molecule has 1 aromatic carbocycles. The van der Waals surface area contributed by atoms with Crippen molar-refractivity contribution in [3.8, 4) is 0 Å². The summed E-state index contributed by atoms with van der Waals surface area (Å²) >= 11 is 2.88. The number of hydrogen-bond donors (Lipinski definition) is 1. The van der Waals surface area contributed by atoms with Crippen molar-refractivity contribution in [3.63, 3.8) is 0 Å². The molecule has 4 nitrogen and oxygen atoms in total. The van der Waals surface area contributed by atoms with E-state index < -0.39 is 0 Å². The third-order valence-corrected chi connectivity index (χ3v) is 5.26. The van der Waals surface area contributed by atoms with Crippen LogP contribution in [-0.2, 0) is 4.79 Å². The molecule has 3 aromatic rings. The molecule has 0 radical (unpaired) electrons. The Hall–Kier alpha value is -1.92. The van der Waals surface area contributed by atoms with E-state index in [0.717, 1.165) is 21.5 Å². The molecule has 1 amide bonds. The van der Waals surface area contributed by atoms with E-state index in [4.69, 9.17) is 4.98 Å². The molecule has 0 aliphatic rings. The van der Waals surface area contributed by atoms with Gasteiger partial charge in [0.05, 0.1) is 15.8 Å². The summed E-state index contributed by atoms with van der Waals surface area (Å²) in [4.78, 5) is 21.0. The molecule has 0 fully saturated rings. The molecule has 23 heavy (non-hydrogen) atoms. The van der Waals surface area contributed by atoms with Gasteiger partial charge in [0.25, 0.3) is 0 Å². The summed E-state index contributed by atoms with van der Waals surface area (Å²) in [5.74, 6) is -0.0608. The molecule has 6 heteroatoms. The zero-order valence-electron chi connectivity index (χ0n) is 13.2. The predicted molar refractivity (Wildman–Crippen MR) is 97.3 cm³/mol. The first-order chi connectivity index (χ1) is 11.0. The summed E-state index contributed by atoms with van der Waals surface area (Å²) in [5.41, 5.74) is 3.32. The minimum absolute atomic E-state index is 0.0608. The Balaban J connectivity index is 1.80. The summed E-state index contributed by atoms with van der Waals surface area (Å²) in [5, 5.41) is 7.07. The normalized spacial score (nSPS) is 12.3. The fourth-order valence-corrected chi connectivity index (χ4v) is 3.77. The molecular weight excluding hydrogens is 326 g/mol. The lowest BCUT2D eigenvalue weighted by atomic mass is 10.1. The number of carbonyl (C=O) groups excluding carboxylic acids is 1.